The summed E-state index contributed by atoms with van der Waals surface area (Å²) in [6, 6.07) is 12.3. The van der Waals surface area contributed by atoms with Gasteiger partial charge in [-0.25, -0.2) is 4.79 Å². The highest BCUT2D eigenvalue weighted by Crippen LogP contribution is 2.36. The summed E-state index contributed by atoms with van der Waals surface area (Å²) < 4.78 is 5.25. The number of anilines is 1. The molecule has 0 bridgehead atoms. The Balaban J connectivity index is 2.41. The van der Waals surface area contributed by atoms with Gasteiger partial charge >= 0.3 is 5.97 Å². The number of benzene rings is 2. The maximum absolute atomic E-state index is 11.2. The van der Waals surface area contributed by atoms with E-state index in [1.54, 1.807) is 19.2 Å². The van der Waals surface area contributed by atoms with Crippen LogP contribution in [-0.2, 0) is 0 Å². The first kappa shape index (κ1) is 13.3. The first-order valence-electron chi connectivity index (χ1n) is 5.55. The van der Waals surface area contributed by atoms with Crippen LogP contribution in [0.25, 0.3) is 0 Å². The lowest BCUT2D eigenvalue weighted by Crippen LogP contribution is -2.00. The Labute approximate surface area is 115 Å². The number of hydrogen-bond donors (Lipinski definition) is 2. The maximum Gasteiger partial charge on any atom is 0.336 e. The van der Waals surface area contributed by atoms with Crippen molar-refractivity contribution in [2.75, 3.05) is 12.8 Å². The molecule has 0 atom stereocenters. The lowest BCUT2D eigenvalue weighted by Gasteiger charge is -2.10. The van der Waals surface area contributed by atoms with Gasteiger partial charge in [0.1, 0.15) is 5.75 Å². The van der Waals surface area contributed by atoms with Crippen LogP contribution in [0.5, 0.6) is 5.75 Å². The monoisotopic (exact) mass is 275 g/mol. The van der Waals surface area contributed by atoms with Gasteiger partial charge in [0.2, 0.25) is 0 Å². The fraction of sp³-hybridized carbons (Fsp3) is 0.0714. The molecule has 0 amide bonds. The van der Waals surface area contributed by atoms with E-state index >= 15 is 0 Å². The van der Waals surface area contributed by atoms with Crippen LogP contribution in [0.1, 0.15) is 10.4 Å². The summed E-state index contributed by atoms with van der Waals surface area (Å²) in [4.78, 5) is 12.7. The van der Waals surface area contributed by atoms with Gasteiger partial charge in [-0.15, -0.1) is 0 Å². The van der Waals surface area contributed by atoms with Crippen molar-refractivity contribution < 1.29 is 14.6 Å². The lowest BCUT2D eigenvalue weighted by atomic mass is 10.2. The van der Waals surface area contributed by atoms with Crippen molar-refractivity contribution in [3.05, 3.63) is 48.0 Å². The molecule has 0 spiro atoms. The minimum absolute atomic E-state index is 0.191. The Kier molecular flexibility index (Phi) is 3.97. The molecule has 0 saturated heterocycles. The van der Waals surface area contributed by atoms with Crippen molar-refractivity contribution in [1.82, 2.24) is 0 Å². The van der Waals surface area contributed by atoms with Gasteiger partial charge in [-0.05, 0) is 30.3 Å². The summed E-state index contributed by atoms with van der Waals surface area (Å²) in [5.41, 5.74) is 6.24. The second kappa shape index (κ2) is 5.67. The number of carbonyl (C=O) groups is 1. The van der Waals surface area contributed by atoms with Gasteiger partial charge in [0.15, 0.2) is 0 Å². The number of aromatic carboxylic acids is 1. The summed E-state index contributed by atoms with van der Waals surface area (Å²) in [6.07, 6.45) is 0. The predicted molar refractivity (Wildman–Crippen MR) is 74.9 cm³/mol. The van der Waals surface area contributed by atoms with Crippen LogP contribution in [-0.4, -0.2) is 18.2 Å². The van der Waals surface area contributed by atoms with E-state index in [1.807, 2.05) is 24.3 Å². The van der Waals surface area contributed by atoms with Gasteiger partial charge in [0.05, 0.1) is 17.6 Å². The van der Waals surface area contributed by atoms with Crippen LogP contribution in [0.3, 0.4) is 0 Å². The molecule has 0 aliphatic rings. The van der Waals surface area contributed by atoms with Crippen LogP contribution in [0.2, 0.25) is 0 Å². The van der Waals surface area contributed by atoms with Crippen molar-refractivity contribution in [3.8, 4) is 5.75 Å². The van der Waals surface area contributed by atoms with Gasteiger partial charge in [0.25, 0.3) is 0 Å². The van der Waals surface area contributed by atoms with Crippen LogP contribution in [0.4, 0.5) is 5.69 Å². The van der Waals surface area contributed by atoms with Crippen LogP contribution >= 0.6 is 11.8 Å². The van der Waals surface area contributed by atoms with E-state index in [0.29, 0.717) is 16.3 Å². The molecule has 3 N–H and O–H groups in total. The van der Waals surface area contributed by atoms with Gasteiger partial charge in [-0.2, -0.15) is 0 Å². The number of para-hydroxylation sites is 1. The topological polar surface area (TPSA) is 72.5 Å². The molecule has 0 radical (unpaired) electrons. The Morgan fingerprint density at radius 2 is 1.95 bits per heavy atom. The van der Waals surface area contributed by atoms with E-state index in [2.05, 4.69) is 0 Å². The Bertz CT molecular complexity index is 613. The molecule has 5 heteroatoms. The van der Waals surface area contributed by atoms with Crippen molar-refractivity contribution in [3.63, 3.8) is 0 Å². The van der Waals surface area contributed by atoms with E-state index < -0.39 is 5.97 Å². The zero-order valence-corrected chi connectivity index (χ0v) is 11.1. The predicted octanol–water partition coefficient (Wildman–Crippen LogP) is 3.13. The average molecular weight is 275 g/mol. The molecule has 0 aliphatic heterocycles. The second-order valence-corrected chi connectivity index (χ2v) is 4.90. The minimum Gasteiger partial charge on any atom is -0.496 e. The quantitative estimate of drug-likeness (QED) is 0.839. The SMILES string of the molecule is COc1ccccc1Sc1ccc(N)cc1C(=O)O. The average Bonchev–Trinajstić information content (AvgIpc) is 2.41. The molecule has 2 rings (SSSR count). The number of carboxylic acids is 1. The molecule has 0 saturated carbocycles. The van der Waals surface area contributed by atoms with Crippen molar-refractivity contribution >= 4 is 23.4 Å². The Hall–Kier alpha value is -2.14. The third kappa shape index (κ3) is 3.00. The normalized spacial score (nSPS) is 10.2. The van der Waals surface area contributed by atoms with Crippen LogP contribution in [0.15, 0.2) is 52.3 Å². The molecule has 2 aromatic rings. The molecule has 0 aliphatic carbocycles. The van der Waals surface area contributed by atoms with E-state index in [4.69, 9.17) is 10.5 Å². The Morgan fingerprint density at radius 1 is 1.21 bits per heavy atom. The zero-order valence-electron chi connectivity index (χ0n) is 10.3. The fourth-order valence-electron chi connectivity index (χ4n) is 1.63. The number of nitrogens with two attached hydrogens (primary N) is 1. The van der Waals surface area contributed by atoms with Gasteiger partial charge in [-0.3, -0.25) is 0 Å². The summed E-state index contributed by atoms with van der Waals surface area (Å²) in [7, 11) is 1.58. The van der Waals surface area contributed by atoms with Crippen LogP contribution < -0.4 is 10.5 Å². The van der Waals surface area contributed by atoms with Gasteiger partial charge < -0.3 is 15.6 Å². The molecule has 0 fully saturated rings. The number of methoxy groups -OCH3 is 1. The third-order valence-electron chi connectivity index (χ3n) is 2.52. The standard InChI is InChI=1S/C14H13NO3S/c1-18-11-4-2-3-5-13(11)19-12-7-6-9(15)8-10(12)14(16)17/h2-8H,15H2,1H3,(H,16,17). The summed E-state index contributed by atoms with van der Waals surface area (Å²) >= 11 is 1.34. The molecule has 0 aromatic heterocycles. The molecule has 0 unspecified atom stereocenters. The minimum atomic E-state index is -0.996. The molecule has 0 heterocycles. The largest absolute Gasteiger partial charge is 0.496 e. The van der Waals surface area contributed by atoms with Crippen molar-refractivity contribution in [2.45, 2.75) is 9.79 Å². The lowest BCUT2D eigenvalue weighted by molar-refractivity contribution is 0.0693. The first-order valence-corrected chi connectivity index (χ1v) is 6.37. The third-order valence-corrected chi connectivity index (χ3v) is 3.66. The second-order valence-electron chi connectivity index (χ2n) is 3.81. The highest BCUT2D eigenvalue weighted by atomic mass is 32.2. The number of rotatable bonds is 4. The molecule has 19 heavy (non-hydrogen) atoms. The van der Waals surface area contributed by atoms with E-state index in [9.17, 15) is 9.90 Å². The molecular weight excluding hydrogens is 262 g/mol. The van der Waals surface area contributed by atoms with Crippen molar-refractivity contribution in [2.24, 2.45) is 0 Å². The summed E-state index contributed by atoms with van der Waals surface area (Å²) in [5.74, 6) is -0.287. The van der Waals surface area contributed by atoms with E-state index in [0.717, 1.165) is 4.90 Å². The smallest absolute Gasteiger partial charge is 0.336 e. The molecule has 98 valence electrons. The Morgan fingerprint density at radius 3 is 2.63 bits per heavy atom. The number of carboxylic acid groups (broad SMARTS) is 1. The first-order chi connectivity index (χ1) is 9.11. The maximum atomic E-state index is 11.2. The number of hydrogen-bond acceptors (Lipinski definition) is 4. The van der Waals surface area contributed by atoms with Gasteiger partial charge in [0, 0.05) is 10.6 Å². The molecule has 4 nitrogen and oxygen atoms in total. The zero-order chi connectivity index (χ0) is 13.8. The van der Waals surface area contributed by atoms with Crippen LogP contribution in [0, 0.1) is 0 Å². The summed E-state index contributed by atoms with van der Waals surface area (Å²) in [6.45, 7) is 0. The highest BCUT2D eigenvalue weighted by Gasteiger charge is 2.13. The summed E-state index contributed by atoms with van der Waals surface area (Å²) in [5, 5.41) is 9.19. The highest BCUT2D eigenvalue weighted by molar-refractivity contribution is 7.99. The molecule has 2 aromatic carbocycles. The van der Waals surface area contributed by atoms with E-state index in [1.165, 1.54) is 17.8 Å². The molecular formula is C14H13NO3S. The van der Waals surface area contributed by atoms with E-state index in [-0.39, 0.29) is 5.56 Å². The number of nitrogen functional groups attached to an aromatic ring is 1. The van der Waals surface area contributed by atoms with Crippen molar-refractivity contribution in [1.29, 1.82) is 0 Å². The fourth-order valence-corrected chi connectivity index (χ4v) is 2.65. The van der Waals surface area contributed by atoms with Gasteiger partial charge in [-0.1, -0.05) is 23.9 Å². The number of ether oxygens (including phenoxy) is 1.